The van der Waals surface area contributed by atoms with Gasteiger partial charge in [0.25, 0.3) is 0 Å². The van der Waals surface area contributed by atoms with Crippen molar-refractivity contribution in [3.8, 4) is 0 Å². The third kappa shape index (κ3) is 2.74. The number of rotatable bonds is 4. The second-order valence-corrected chi connectivity index (χ2v) is 4.06. The highest BCUT2D eigenvalue weighted by Gasteiger charge is 2.07. The van der Waals surface area contributed by atoms with Crippen LogP contribution in [0.4, 0.5) is 11.6 Å². The molecule has 0 saturated carbocycles. The summed E-state index contributed by atoms with van der Waals surface area (Å²) < 4.78 is 0. The summed E-state index contributed by atoms with van der Waals surface area (Å²) in [7, 11) is 1.86. The second kappa shape index (κ2) is 5.44. The molecule has 2 rings (SSSR count). The smallest absolute Gasteiger partial charge is 0.135 e. The predicted octanol–water partition coefficient (Wildman–Crippen LogP) is 2.14. The molecule has 0 aliphatic heterocycles. The molecule has 0 unspecified atom stereocenters. The van der Waals surface area contributed by atoms with E-state index in [2.05, 4.69) is 25.6 Å². The van der Waals surface area contributed by atoms with Gasteiger partial charge in [-0.15, -0.1) is 0 Å². The highest BCUT2D eigenvalue weighted by molar-refractivity contribution is 5.57. The Hall–Kier alpha value is -2.17. The van der Waals surface area contributed by atoms with E-state index in [4.69, 9.17) is 0 Å². The molecule has 0 amide bonds. The first-order chi connectivity index (χ1) is 8.70. The zero-order valence-electron chi connectivity index (χ0n) is 10.9. The van der Waals surface area contributed by atoms with Crippen molar-refractivity contribution in [3.63, 3.8) is 0 Å². The first-order valence-electron chi connectivity index (χ1n) is 5.86. The van der Waals surface area contributed by atoms with Crippen LogP contribution in [0.1, 0.15) is 17.0 Å². The number of hydrogen-bond donors (Lipinski definition) is 2. The molecule has 5 heteroatoms. The fourth-order valence-corrected chi connectivity index (χ4v) is 1.73. The van der Waals surface area contributed by atoms with Crippen LogP contribution in [0.25, 0.3) is 0 Å². The van der Waals surface area contributed by atoms with Crippen molar-refractivity contribution in [2.75, 3.05) is 17.7 Å². The van der Waals surface area contributed by atoms with Crippen molar-refractivity contribution in [1.29, 1.82) is 0 Å². The van der Waals surface area contributed by atoms with Gasteiger partial charge in [0.05, 0.1) is 0 Å². The van der Waals surface area contributed by atoms with Crippen LogP contribution in [-0.2, 0) is 6.54 Å². The molecule has 0 radical (unpaired) electrons. The lowest BCUT2D eigenvalue weighted by molar-refractivity contribution is 1.000. The van der Waals surface area contributed by atoms with Crippen LogP contribution in [0.3, 0.4) is 0 Å². The number of hydrogen-bond acceptors (Lipinski definition) is 5. The van der Waals surface area contributed by atoms with Gasteiger partial charge in [0.15, 0.2) is 0 Å². The van der Waals surface area contributed by atoms with Crippen molar-refractivity contribution in [2.45, 2.75) is 20.4 Å². The van der Waals surface area contributed by atoms with Crippen LogP contribution in [0, 0.1) is 13.8 Å². The largest absolute Gasteiger partial charge is 0.373 e. The minimum atomic E-state index is 0.703. The van der Waals surface area contributed by atoms with E-state index in [0.717, 1.165) is 28.6 Å². The number of nitrogens with zero attached hydrogens (tertiary/aromatic N) is 3. The zero-order chi connectivity index (χ0) is 13.0. The molecule has 5 nitrogen and oxygen atoms in total. The molecule has 18 heavy (non-hydrogen) atoms. The van der Waals surface area contributed by atoms with E-state index >= 15 is 0 Å². The van der Waals surface area contributed by atoms with Gasteiger partial charge >= 0.3 is 0 Å². The molecule has 0 aromatic carbocycles. The Morgan fingerprint density at radius 1 is 1.17 bits per heavy atom. The molecule has 2 N–H and O–H groups in total. The van der Waals surface area contributed by atoms with Crippen molar-refractivity contribution in [1.82, 2.24) is 15.0 Å². The summed E-state index contributed by atoms with van der Waals surface area (Å²) in [5, 5.41) is 6.38. The molecular formula is C13H17N5. The standard InChI is InChI=1S/C13H17N5/c1-9-12(14-3)17-10(2)18-13(9)16-8-11-5-4-6-15-7-11/h4-7H,8H2,1-3H3,(H2,14,16,17,18). The highest BCUT2D eigenvalue weighted by atomic mass is 15.1. The van der Waals surface area contributed by atoms with Gasteiger partial charge in [0.1, 0.15) is 17.5 Å². The SMILES string of the molecule is CNc1nc(C)nc(NCc2cccnc2)c1C. The van der Waals surface area contributed by atoms with E-state index in [9.17, 15) is 0 Å². The Labute approximate surface area is 107 Å². The maximum absolute atomic E-state index is 4.41. The van der Waals surface area contributed by atoms with Gasteiger partial charge in [0.2, 0.25) is 0 Å². The fraction of sp³-hybridized carbons (Fsp3) is 0.308. The Morgan fingerprint density at radius 3 is 2.61 bits per heavy atom. The predicted molar refractivity (Wildman–Crippen MR) is 72.6 cm³/mol. The average Bonchev–Trinajstić information content (AvgIpc) is 2.40. The van der Waals surface area contributed by atoms with Crippen LogP contribution >= 0.6 is 0 Å². The molecule has 2 aromatic heterocycles. The minimum absolute atomic E-state index is 0.703. The Bertz CT molecular complexity index is 524. The summed E-state index contributed by atoms with van der Waals surface area (Å²) in [6, 6.07) is 3.95. The van der Waals surface area contributed by atoms with Crippen LogP contribution in [0.2, 0.25) is 0 Å². The van der Waals surface area contributed by atoms with E-state index in [1.54, 1.807) is 6.20 Å². The molecule has 0 fully saturated rings. The van der Waals surface area contributed by atoms with Gasteiger partial charge < -0.3 is 10.6 Å². The van der Waals surface area contributed by atoms with Crippen LogP contribution in [0.5, 0.6) is 0 Å². The monoisotopic (exact) mass is 243 g/mol. The molecule has 94 valence electrons. The summed E-state index contributed by atoms with van der Waals surface area (Å²) in [6.45, 7) is 4.58. The number of aryl methyl sites for hydroxylation is 1. The second-order valence-electron chi connectivity index (χ2n) is 4.06. The molecule has 0 aliphatic rings. The van der Waals surface area contributed by atoms with Gasteiger partial charge in [-0.05, 0) is 25.5 Å². The summed E-state index contributed by atoms with van der Waals surface area (Å²) in [5.74, 6) is 2.46. The third-order valence-electron chi connectivity index (χ3n) is 2.68. The number of pyridine rings is 1. The summed E-state index contributed by atoms with van der Waals surface area (Å²) >= 11 is 0. The first-order valence-corrected chi connectivity index (χ1v) is 5.86. The molecule has 0 spiro atoms. The fourth-order valence-electron chi connectivity index (χ4n) is 1.73. The van der Waals surface area contributed by atoms with Crippen LogP contribution in [0.15, 0.2) is 24.5 Å². The van der Waals surface area contributed by atoms with Gasteiger partial charge in [-0.3, -0.25) is 4.98 Å². The number of aromatic nitrogens is 3. The molecule has 0 saturated heterocycles. The number of nitrogens with one attached hydrogen (secondary N) is 2. The Kier molecular flexibility index (Phi) is 3.72. The lowest BCUT2D eigenvalue weighted by atomic mass is 10.2. The molecule has 0 bridgehead atoms. The van der Waals surface area contributed by atoms with Crippen LogP contribution < -0.4 is 10.6 Å². The molecular weight excluding hydrogens is 226 g/mol. The maximum Gasteiger partial charge on any atom is 0.135 e. The van der Waals surface area contributed by atoms with Crippen molar-refractivity contribution in [2.24, 2.45) is 0 Å². The van der Waals surface area contributed by atoms with E-state index < -0.39 is 0 Å². The highest BCUT2D eigenvalue weighted by Crippen LogP contribution is 2.19. The van der Waals surface area contributed by atoms with Crippen molar-refractivity contribution >= 4 is 11.6 Å². The Morgan fingerprint density at radius 2 is 1.94 bits per heavy atom. The van der Waals surface area contributed by atoms with E-state index in [-0.39, 0.29) is 0 Å². The normalized spacial score (nSPS) is 10.2. The van der Waals surface area contributed by atoms with E-state index in [1.807, 2.05) is 39.2 Å². The third-order valence-corrected chi connectivity index (χ3v) is 2.68. The van der Waals surface area contributed by atoms with E-state index in [0.29, 0.717) is 6.54 Å². The van der Waals surface area contributed by atoms with E-state index in [1.165, 1.54) is 0 Å². The quantitative estimate of drug-likeness (QED) is 0.861. The first kappa shape index (κ1) is 12.3. The zero-order valence-corrected chi connectivity index (χ0v) is 10.9. The van der Waals surface area contributed by atoms with Gasteiger partial charge in [-0.25, -0.2) is 9.97 Å². The molecule has 0 aliphatic carbocycles. The summed E-state index contributed by atoms with van der Waals surface area (Å²) in [5.41, 5.74) is 2.14. The van der Waals surface area contributed by atoms with Crippen molar-refractivity contribution < 1.29 is 0 Å². The lowest BCUT2D eigenvalue weighted by Crippen LogP contribution is -2.08. The minimum Gasteiger partial charge on any atom is -0.373 e. The molecule has 2 heterocycles. The summed E-state index contributed by atoms with van der Waals surface area (Å²) in [6.07, 6.45) is 3.61. The van der Waals surface area contributed by atoms with Crippen molar-refractivity contribution in [3.05, 3.63) is 41.5 Å². The van der Waals surface area contributed by atoms with Gasteiger partial charge in [0, 0.05) is 31.5 Å². The van der Waals surface area contributed by atoms with Gasteiger partial charge in [-0.1, -0.05) is 6.07 Å². The lowest BCUT2D eigenvalue weighted by Gasteiger charge is -2.12. The maximum atomic E-state index is 4.41. The van der Waals surface area contributed by atoms with Gasteiger partial charge in [-0.2, -0.15) is 0 Å². The number of anilines is 2. The van der Waals surface area contributed by atoms with Crippen LogP contribution in [-0.4, -0.2) is 22.0 Å². The molecule has 2 aromatic rings. The molecule has 0 atom stereocenters. The topological polar surface area (TPSA) is 62.7 Å². The average molecular weight is 243 g/mol. The Balaban J connectivity index is 2.17. The summed E-state index contributed by atoms with van der Waals surface area (Å²) in [4.78, 5) is 12.8.